The topological polar surface area (TPSA) is 44.9 Å². The number of carbonyl (C=O) groups is 1. The van der Waals surface area contributed by atoms with Gasteiger partial charge in [-0.2, -0.15) is 0 Å². The van der Waals surface area contributed by atoms with Gasteiger partial charge >= 0.3 is 0 Å². The first kappa shape index (κ1) is 13.4. The number of H-pyrrole nitrogens is 1. The van der Waals surface area contributed by atoms with Crippen molar-refractivity contribution in [2.75, 3.05) is 6.54 Å². The van der Waals surface area contributed by atoms with Gasteiger partial charge in [0.15, 0.2) is 0 Å². The second-order valence-electron chi connectivity index (χ2n) is 5.30. The maximum Gasteiger partial charge on any atom is 0.251 e. The Morgan fingerprint density at radius 2 is 1.95 bits per heavy atom. The van der Waals surface area contributed by atoms with Crippen molar-refractivity contribution in [3.05, 3.63) is 71.9 Å². The van der Waals surface area contributed by atoms with Crippen LogP contribution in [0.15, 0.2) is 60.8 Å². The van der Waals surface area contributed by atoms with Crippen molar-refractivity contribution in [3.63, 3.8) is 0 Å². The predicted molar refractivity (Wildman–Crippen MR) is 85.5 cm³/mol. The van der Waals surface area contributed by atoms with Gasteiger partial charge in [-0.3, -0.25) is 4.79 Å². The second kappa shape index (κ2) is 5.83. The number of hydrogen-bond donors (Lipinski definition) is 2. The fraction of sp³-hybridized carbons (Fsp3) is 0.167. The van der Waals surface area contributed by atoms with Gasteiger partial charge in [-0.1, -0.05) is 43.3 Å². The molecule has 3 nitrogen and oxygen atoms in total. The first-order valence-electron chi connectivity index (χ1n) is 7.14. The Kier molecular flexibility index (Phi) is 3.73. The van der Waals surface area contributed by atoms with E-state index in [0.717, 1.165) is 10.9 Å². The van der Waals surface area contributed by atoms with Crippen LogP contribution in [0.25, 0.3) is 10.9 Å². The Morgan fingerprint density at radius 1 is 1.14 bits per heavy atom. The molecule has 0 fully saturated rings. The van der Waals surface area contributed by atoms with E-state index in [-0.39, 0.29) is 5.91 Å². The molecule has 3 rings (SSSR count). The molecule has 3 aromatic rings. The highest BCUT2D eigenvalue weighted by Gasteiger charge is 2.10. The van der Waals surface area contributed by atoms with Crippen LogP contribution in [-0.2, 0) is 0 Å². The predicted octanol–water partition coefficient (Wildman–Crippen LogP) is 3.70. The summed E-state index contributed by atoms with van der Waals surface area (Å²) in [6, 6.07) is 17.9. The average molecular weight is 278 g/mol. The summed E-state index contributed by atoms with van der Waals surface area (Å²) in [7, 11) is 0. The number of amides is 1. The third-order valence-corrected chi connectivity index (χ3v) is 3.75. The van der Waals surface area contributed by atoms with Crippen LogP contribution in [0.4, 0.5) is 0 Å². The van der Waals surface area contributed by atoms with Crippen molar-refractivity contribution in [1.82, 2.24) is 10.3 Å². The summed E-state index contributed by atoms with van der Waals surface area (Å²) in [4.78, 5) is 15.3. The zero-order chi connectivity index (χ0) is 14.7. The molecule has 2 aromatic carbocycles. The summed E-state index contributed by atoms with van der Waals surface area (Å²) in [5.41, 5.74) is 2.90. The zero-order valence-corrected chi connectivity index (χ0v) is 12.0. The molecule has 0 bridgehead atoms. The largest absolute Gasteiger partial charge is 0.361 e. The summed E-state index contributed by atoms with van der Waals surface area (Å²) < 4.78 is 0. The zero-order valence-electron chi connectivity index (χ0n) is 12.0. The van der Waals surface area contributed by atoms with E-state index in [1.807, 2.05) is 48.7 Å². The Bertz CT molecular complexity index is 746. The van der Waals surface area contributed by atoms with Crippen molar-refractivity contribution in [2.45, 2.75) is 12.8 Å². The molecule has 1 atom stereocenters. The van der Waals surface area contributed by atoms with Crippen LogP contribution in [0.2, 0.25) is 0 Å². The minimum Gasteiger partial charge on any atom is -0.361 e. The number of carbonyl (C=O) groups excluding carboxylic acids is 1. The Labute approximate surface area is 124 Å². The van der Waals surface area contributed by atoms with E-state index >= 15 is 0 Å². The molecule has 1 aromatic heterocycles. The number of fused-ring (bicyclic) bond motifs is 1. The minimum atomic E-state index is -0.0331. The third kappa shape index (κ3) is 2.97. The molecule has 1 heterocycles. The van der Waals surface area contributed by atoms with E-state index in [2.05, 4.69) is 29.4 Å². The van der Waals surface area contributed by atoms with Crippen molar-refractivity contribution in [1.29, 1.82) is 0 Å². The van der Waals surface area contributed by atoms with Crippen molar-refractivity contribution in [2.24, 2.45) is 0 Å². The molecule has 1 unspecified atom stereocenters. The van der Waals surface area contributed by atoms with E-state index in [9.17, 15) is 4.79 Å². The van der Waals surface area contributed by atoms with Gasteiger partial charge in [0.05, 0.1) is 0 Å². The third-order valence-electron chi connectivity index (χ3n) is 3.75. The van der Waals surface area contributed by atoms with E-state index in [1.54, 1.807) is 0 Å². The first-order valence-corrected chi connectivity index (χ1v) is 7.14. The molecule has 3 heteroatoms. The summed E-state index contributed by atoms with van der Waals surface area (Å²) in [5, 5.41) is 4.12. The van der Waals surface area contributed by atoms with Gasteiger partial charge in [-0.15, -0.1) is 0 Å². The SMILES string of the molecule is CC(CNC(=O)c1ccc2cc[nH]c2c1)c1ccccc1. The fourth-order valence-corrected chi connectivity index (χ4v) is 2.44. The number of rotatable bonds is 4. The molecule has 0 aliphatic heterocycles. The quantitative estimate of drug-likeness (QED) is 0.751. The van der Waals surface area contributed by atoms with Crippen LogP contribution in [-0.4, -0.2) is 17.4 Å². The van der Waals surface area contributed by atoms with Gasteiger partial charge in [0.25, 0.3) is 5.91 Å². The summed E-state index contributed by atoms with van der Waals surface area (Å²) >= 11 is 0. The molecule has 0 aliphatic rings. The molecule has 0 saturated carbocycles. The normalized spacial score (nSPS) is 12.2. The van der Waals surface area contributed by atoms with Gasteiger partial charge in [0.2, 0.25) is 0 Å². The van der Waals surface area contributed by atoms with Gasteiger partial charge in [0, 0.05) is 23.8 Å². The van der Waals surface area contributed by atoms with E-state index < -0.39 is 0 Å². The second-order valence-corrected chi connectivity index (χ2v) is 5.30. The lowest BCUT2D eigenvalue weighted by molar-refractivity contribution is 0.0952. The van der Waals surface area contributed by atoms with E-state index in [0.29, 0.717) is 18.0 Å². The minimum absolute atomic E-state index is 0.0331. The summed E-state index contributed by atoms with van der Waals surface area (Å²) in [6.45, 7) is 2.75. The number of nitrogens with one attached hydrogen (secondary N) is 2. The lowest BCUT2D eigenvalue weighted by Crippen LogP contribution is -2.27. The fourth-order valence-electron chi connectivity index (χ4n) is 2.44. The lowest BCUT2D eigenvalue weighted by Gasteiger charge is -2.13. The molecule has 2 N–H and O–H groups in total. The highest BCUT2D eigenvalue weighted by atomic mass is 16.1. The maximum atomic E-state index is 12.2. The Balaban J connectivity index is 1.66. The lowest BCUT2D eigenvalue weighted by atomic mass is 10.0. The van der Waals surface area contributed by atoms with Gasteiger partial charge in [-0.05, 0) is 35.1 Å². The molecule has 0 aliphatic carbocycles. The number of aromatic amines is 1. The van der Waals surface area contributed by atoms with Crippen LogP contribution in [0.3, 0.4) is 0 Å². The highest BCUT2D eigenvalue weighted by Crippen LogP contribution is 2.15. The van der Waals surface area contributed by atoms with E-state index in [1.165, 1.54) is 5.56 Å². The molecule has 21 heavy (non-hydrogen) atoms. The molecular formula is C18H18N2O. The number of aromatic nitrogens is 1. The van der Waals surface area contributed by atoms with Crippen LogP contribution in [0.5, 0.6) is 0 Å². The molecule has 0 spiro atoms. The summed E-state index contributed by atoms with van der Waals surface area (Å²) in [6.07, 6.45) is 1.88. The van der Waals surface area contributed by atoms with Gasteiger partial charge in [-0.25, -0.2) is 0 Å². The van der Waals surface area contributed by atoms with Gasteiger partial charge in [0.1, 0.15) is 0 Å². The monoisotopic (exact) mass is 278 g/mol. The van der Waals surface area contributed by atoms with Crippen LogP contribution in [0.1, 0.15) is 28.8 Å². The molecule has 106 valence electrons. The maximum absolute atomic E-state index is 12.2. The van der Waals surface area contributed by atoms with Crippen LogP contribution >= 0.6 is 0 Å². The highest BCUT2D eigenvalue weighted by molar-refractivity contribution is 5.97. The Morgan fingerprint density at radius 3 is 2.76 bits per heavy atom. The van der Waals surface area contributed by atoms with Gasteiger partial charge < -0.3 is 10.3 Å². The standard InChI is InChI=1S/C18H18N2O/c1-13(14-5-3-2-4-6-14)12-20-18(21)16-8-7-15-9-10-19-17(15)11-16/h2-11,13,19H,12H2,1H3,(H,20,21). The van der Waals surface area contributed by atoms with Crippen LogP contribution in [0, 0.1) is 0 Å². The van der Waals surface area contributed by atoms with Crippen molar-refractivity contribution in [3.8, 4) is 0 Å². The van der Waals surface area contributed by atoms with Crippen molar-refractivity contribution < 1.29 is 4.79 Å². The average Bonchev–Trinajstić information content (AvgIpc) is 3.00. The molecule has 1 amide bonds. The van der Waals surface area contributed by atoms with E-state index in [4.69, 9.17) is 0 Å². The number of benzene rings is 2. The molecular weight excluding hydrogens is 260 g/mol. The van der Waals surface area contributed by atoms with Crippen molar-refractivity contribution >= 4 is 16.8 Å². The van der Waals surface area contributed by atoms with Crippen LogP contribution < -0.4 is 5.32 Å². The number of hydrogen-bond acceptors (Lipinski definition) is 1. The summed E-state index contributed by atoms with van der Waals surface area (Å²) in [5.74, 6) is 0.263. The smallest absolute Gasteiger partial charge is 0.251 e. The first-order chi connectivity index (χ1) is 10.2. The Hall–Kier alpha value is -2.55. The molecule has 0 saturated heterocycles. The molecule has 0 radical (unpaired) electrons.